The zero-order chi connectivity index (χ0) is 13.2. The molecule has 0 spiro atoms. The molecule has 6 nitrogen and oxygen atoms in total. The minimum absolute atomic E-state index is 0.565. The van der Waals surface area contributed by atoms with Crippen LogP contribution in [0, 0.1) is 0 Å². The van der Waals surface area contributed by atoms with Crippen molar-refractivity contribution in [3.63, 3.8) is 0 Å². The molecule has 0 bridgehead atoms. The third-order valence-electron chi connectivity index (χ3n) is 4.38. The number of tetrazole rings is 1. The highest BCUT2D eigenvalue weighted by molar-refractivity contribution is 4.93. The van der Waals surface area contributed by atoms with Crippen molar-refractivity contribution in [2.45, 2.75) is 64.2 Å². The van der Waals surface area contributed by atoms with Gasteiger partial charge in [0.1, 0.15) is 0 Å². The first-order valence-electron chi connectivity index (χ1n) is 7.56. The number of piperazine rings is 1. The number of nitrogens with zero attached hydrogens (tertiary/aromatic N) is 5. The molecule has 106 valence electrons. The molecule has 2 fully saturated rings. The average Bonchev–Trinajstić information content (AvgIpc) is 3.19. The summed E-state index contributed by atoms with van der Waals surface area (Å²) in [5.74, 6) is 1.04. The highest BCUT2D eigenvalue weighted by Crippen LogP contribution is 2.34. The number of hydrogen-bond acceptors (Lipinski definition) is 5. The van der Waals surface area contributed by atoms with Gasteiger partial charge < -0.3 is 5.32 Å². The number of nitrogens with one attached hydrogen (secondary N) is 1. The topological polar surface area (TPSA) is 58.9 Å². The quantitative estimate of drug-likeness (QED) is 0.859. The lowest BCUT2D eigenvalue weighted by Crippen LogP contribution is -2.55. The molecule has 0 amide bonds. The molecule has 1 N–H and O–H groups in total. The van der Waals surface area contributed by atoms with Crippen molar-refractivity contribution < 1.29 is 0 Å². The molecule has 6 heteroatoms. The maximum Gasteiger partial charge on any atom is 0.165 e. The van der Waals surface area contributed by atoms with Gasteiger partial charge in [-0.05, 0) is 36.1 Å². The van der Waals surface area contributed by atoms with Crippen molar-refractivity contribution in [3.8, 4) is 0 Å². The van der Waals surface area contributed by atoms with Gasteiger partial charge in [0.25, 0.3) is 0 Å². The standard InChI is InChI=1S/C13H24N6/c1-3-10-8-18(11(4-2)7-14-10)9-13-15-16-17-19(13)12-5-6-12/h10-12,14H,3-9H2,1-2H3. The van der Waals surface area contributed by atoms with Crippen LogP contribution in [0.2, 0.25) is 0 Å². The highest BCUT2D eigenvalue weighted by Gasteiger charge is 2.31. The third-order valence-corrected chi connectivity index (χ3v) is 4.38. The summed E-state index contributed by atoms with van der Waals surface area (Å²) in [7, 11) is 0. The predicted octanol–water partition coefficient (Wildman–Crippen LogP) is 0.970. The van der Waals surface area contributed by atoms with Gasteiger partial charge in [0.15, 0.2) is 5.82 Å². The number of hydrogen-bond donors (Lipinski definition) is 1. The monoisotopic (exact) mass is 264 g/mol. The second-order valence-electron chi connectivity index (χ2n) is 5.78. The molecule has 2 unspecified atom stereocenters. The van der Waals surface area contributed by atoms with Gasteiger partial charge in [-0.2, -0.15) is 0 Å². The Bertz CT molecular complexity index is 413. The van der Waals surface area contributed by atoms with Crippen molar-refractivity contribution >= 4 is 0 Å². The Morgan fingerprint density at radius 2 is 2.11 bits per heavy atom. The molecule has 2 heterocycles. The summed E-state index contributed by atoms with van der Waals surface area (Å²) in [5.41, 5.74) is 0. The van der Waals surface area contributed by atoms with Crippen molar-refractivity contribution in [1.82, 2.24) is 30.4 Å². The van der Waals surface area contributed by atoms with Gasteiger partial charge in [0.05, 0.1) is 12.6 Å². The first kappa shape index (κ1) is 13.0. The lowest BCUT2D eigenvalue weighted by Gasteiger charge is -2.39. The van der Waals surface area contributed by atoms with E-state index in [0.29, 0.717) is 18.1 Å². The van der Waals surface area contributed by atoms with Crippen LogP contribution in [0.4, 0.5) is 0 Å². The molecule has 1 saturated carbocycles. The van der Waals surface area contributed by atoms with Crippen LogP contribution in [-0.2, 0) is 6.54 Å². The molecule has 1 saturated heterocycles. The van der Waals surface area contributed by atoms with Crippen LogP contribution in [0.25, 0.3) is 0 Å². The largest absolute Gasteiger partial charge is 0.311 e. The molecule has 1 aliphatic carbocycles. The van der Waals surface area contributed by atoms with Gasteiger partial charge in [-0.1, -0.05) is 13.8 Å². The Morgan fingerprint density at radius 3 is 2.79 bits per heavy atom. The van der Waals surface area contributed by atoms with Crippen LogP contribution in [0.3, 0.4) is 0 Å². The summed E-state index contributed by atoms with van der Waals surface area (Å²) >= 11 is 0. The summed E-state index contributed by atoms with van der Waals surface area (Å²) in [4.78, 5) is 2.55. The molecule has 0 aromatic carbocycles. The second kappa shape index (κ2) is 5.54. The van der Waals surface area contributed by atoms with Gasteiger partial charge in [0.2, 0.25) is 0 Å². The van der Waals surface area contributed by atoms with E-state index >= 15 is 0 Å². The predicted molar refractivity (Wildman–Crippen MR) is 72.7 cm³/mol. The second-order valence-corrected chi connectivity index (χ2v) is 5.78. The van der Waals surface area contributed by atoms with E-state index in [-0.39, 0.29) is 0 Å². The smallest absolute Gasteiger partial charge is 0.165 e. The minimum atomic E-state index is 0.565. The lowest BCUT2D eigenvalue weighted by atomic mass is 10.1. The fourth-order valence-electron chi connectivity index (χ4n) is 2.90. The van der Waals surface area contributed by atoms with Crippen LogP contribution in [0.5, 0.6) is 0 Å². The first-order valence-corrected chi connectivity index (χ1v) is 7.56. The van der Waals surface area contributed by atoms with Gasteiger partial charge >= 0.3 is 0 Å². The van der Waals surface area contributed by atoms with Gasteiger partial charge in [0, 0.05) is 25.2 Å². The van der Waals surface area contributed by atoms with E-state index in [1.54, 1.807) is 0 Å². The Kier molecular flexibility index (Phi) is 3.79. The summed E-state index contributed by atoms with van der Waals surface area (Å²) in [6.07, 6.45) is 4.82. The maximum absolute atomic E-state index is 4.23. The Labute approximate surface area is 114 Å². The molecule has 0 radical (unpaired) electrons. The summed E-state index contributed by atoms with van der Waals surface area (Å²) in [6, 6.07) is 1.77. The van der Waals surface area contributed by atoms with Gasteiger partial charge in [-0.25, -0.2) is 4.68 Å². The molecule has 3 rings (SSSR count). The van der Waals surface area contributed by atoms with Crippen LogP contribution < -0.4 is 5.32 Å². The average molecular weight is 264 g/mol. The number of aromatic nitrogens is 4. The molecule has 2 atom stereocenters. The van der Waals surface area contributed by atoms with E-state index in [9.17, 15) is 0 Å². The maximum atomic E-state index is 4.23. The fraction of sp³-hybridized carbons (Fsp3) is 0.923. The van der Waals surface area contributed by atoms with Crippen LogP contribution in [0.1, 0.15) is 51.4 Å². The van der Waals surface area contributed by atoms with Crippen molar-refractivity contribution in [3.05, 3.63) is 5.82 Å². The zero-order valence-electron chi connectivity index (χ0n) is 11.9. The van der Waals surface area contributed by atoms with Crippen molar-refractivity contribution in [1.29, 1.82) is 0 Å². The van der Waals surface area contributed by atoms with Crippen LogP contribution in [-0.4, -0.2) is 50.3 Å². The molecule has 2 aliphatic rings. The van der Waals surface area contributed by atoms with E-state index in [4.69, 9.17) is 0 Å². The molecule has 1 aromatic heterocycles. The molecular weight excluding hydrogens is 240 g/mol. The summed E-state index contributed by atoms with van der Waals surface area (Å²) in [6.45, 7) is 7.58. The first-order chi connectivity index (χ1) is 9.31. The lowest BCUT2D eigenvalue weighted by molar-refractivity contribution is 0.112. The molecular formula is C13H24N6. The zero-order valence-corrected chi connectivity index (χ0v) is 11.9. The molecule has 1 aromatic rings. The summed E-state index contributed by atoms with van der Waals surface area (Å²) < 4.78 is 2.04. The Balaban J connectivity index is 1.70. The normalized spacial score (nSPS) is 28.7. The van der Waals surface area contributed by atoms with E-state index in [1.807, 2.05) is 4.68 Å². The summed E-state index contributed by atoms with van der Waals surface area (Å²) in [5, 5.41) is 15.9. The van der Waals surface area contributed by atoms with Crippen LogP contribution in [0.15, 0.2) is 0 Å². The minimum Gasteiger partial charge on any atom is -0.311 e. The number of rotatable bonds is 5. The van der Waals surface area contributed by atoms with E-state index < -0.39 is 0 Å². The van der Waals surface area contributed by atoms with Gasteiger partial charge in [-0.3, -0.25) is 4.90 Å². The third kappa shape index (κ3) is 2.79. The van der Waals surface area contributed by atoms with Crippen molar-refractivity contribution in [2.75, 3.05) is 13.1 Å². The fourth-order valence-corrected chi connectivity index (χ4v) is 2.90. The van der Waals surface area contributed by atoms with E-state index in [2.05, 4.69) is 39.6 Å². The molecule has 19 heavy (non-hydrogen) atoms. The van der Waals surface area contributed by atoms with E-state index in [1.165, 1.54) is 25.7 Å². The SMILES string of the molecule is CCC1CN(Cc2nnnn2C2CC2)C(CC)CN1. The Morgan fingerprint density at radius 1 is 1.26 bits per heavy atom. The van der Waals surface area contributed by atoms with Crippen molar-refractivity contribution in [2.24, 2.45) is 0 Å². The van der Waals surface area contributed by atoms with Gasteiger partial charge in [-0.15, -0.1) is 5.10 Å². The van der Waals surface area contributed by atoms with E-state index in [0.717, 1.165) is 25.5 Å². The molecule has 1 aliphatic heterocycles. The highest BCUT2D eigenvalue weighted by atomic mass is 15.6. The van der Waals surface area contributed by atoms with Crippen LogP contribution >= 0.6 is 0 Å². The Hall–Kier alpha value is -1.01.